The first-order valence-corrected chi connectivity index (χ1v) is 17.0. The summed E-state index contributed by atoms with van der Waals surface area (Å²) in [6, 6.07) is 15.8. The number of nitrogens with zero attached hydrogens (tertiary/aromatic N) is 3. The third kappa shape index (κ3) is 6.51. The molecule has 4 aliphatic rings. The van der Waals surface area contributed by atoms with E-state index < -0.39 is 0 Å². The van der Waals surface area contributed by atoms with Gasteiger partial charge in [0.25, 0.3) is 11.8 Å². The van der Waals surface area contributed by atoms with E-state index in [1.807, 2.05) is 49.5 Å². The van der Waals surface area contributed by atoms with Crippen LogP contribution in [0.2, 0.25) is 0 Å². The Labute approximate surface area is 266 Å². The van der Waals surface area contributed by atoms with E-state index in [0.717, 1.165) is 74.2 Å². The van der Waals surface area contributed by atoms with Crippen molar-refractivity contribution < 1.29 is 14.7 Å². The minimum absolute atomic E-state index is 0.0804. The molecule has 1 saturated carbocycles. The largest absolute Gasteiger partial charge is 0.395 e. The monoisotopic (exact) mass is 609 g/mol. The quantitative estimate of drug-likeness (QED) is 0.313. The molecule has 0 bridgehead atoms. The smallest absolute Gasteiger partial charge is 0.251 e. The summed E-state index contributed by atoms with van der Waals surface area (Å²) in [6.45, 7) is 6.00. The number of benzene rings is 2. The van der Waals surface area contributed by atoms with E-state index in [1.165, 1.54) is 30.5 Å². The lowest BCUT2D eigenvalue weighted by molar-refractivity contribution is 0.0857. The summed E-state index contributed by atoms with van der Waals surface area (Å²) in [4.78, 5) is 36.4. The average molecular weight is 610 g/mol. The summed E-state index contributed by atoms with van der Waals surface area (Å²) in [5.74, 6) is 0.518. The number of pyridine rings is 1. The highest BCUT2D eigenvalue weighted by molar-refractivity contribution is 5.98. The van der Waals surface area contributed by atoms with Crippen molar-refractivity contribution in [2.45, 2.75) is 76.4 Å². The number of rotatable bonds is 10. The van der Waals surface area contributed by atoms with Gasteiger partial charge >= 0.3 is 0 Å². The zero-order chi connectivity index (χ0) is 31.1. The molecular weight excluding hydrogens is 562 g/mol. The highest BCUT2D eigenvalue weighted by Crippen LogP contribution is 2.55. The van der Waals surface area contributed by atoms with Crippen molar-refractivity contribution in [2.75, 3.05) is 39.8 Å². The number of aryl methyl sites for hydroxylation is 1. The molecular formula is C37H47N5O3. The maximum Gasteiger partial charge on any atom is 0.251 e. The predicted molar refractivity (Wildman–Crippen MR) is 176 cm³/mol. The fourth-order valence-electron chi connectivity index (χ4n) is 7.88. The highest BCUT2D eigenvalue weighted by Gasteiger charge is 2.45. The molecule has 0 radical (unpaired) electrons. The minimum atomic E-state index is -0.280. The molecule has 3 heterocycles. The lowest BCUT2D eigenvalue weighted by Gasteiger charge is -2.36. The lowest BCUT2D eigenvalue weighted by Crippen LogP contribution is -2.57. The molecule has 8 nitrogen and oxygen atoms in total. The van der Waals surface area contributed by atoms with Crippen LogP contribution in [0.4, 0.5) is 0 Å². The first-order valence-electron chi connectivity index (χ1n) is 17.0. The number of hydrogen-bond donors (Lipinski definition) is 3. The van der Waals surface area contributed by atoms with Gasteiger partial charge in [0.2, 0.25) is 0 Å². The van der Waals surface area contributed by atoms with E-state index in [-0.39, 0.29) is 36.5 Å². The fourth-order valence-corrected chi connectivity index (χ4v) is 7.88. The average Bonchev–Trinajstić information content (AvgIpc) is 3.62. The normalized spacial score (nSPS) is 23.7. The van der Waals surface area contributed by atoms with Crippen LogP contribution in [-0.2, 0) is 12.8 Å². The van der Waals surface area contributed by atoms with E-state index in [1.54, 1.807) is 0 Å². The zero-order valence-corrected chi connectivity index (χ0v) is 26.7. The van der Waals surface area contributed by atoms with E-state index in [4.69, 9.17) is 4.98 Å². The van der Waals surface area contributed by atoms with Crippen molar-refractivity contribution in [1.29, 1.82) is 0 Å². The van der Waals surface area contributed by atoms with Gasteiger partial charge in [-0.1, -0.05) is 19.1 Å². The molecule has 3 atom stereocenters. The van der Waals surface area contributed by atoms with Gasteiger partial charge in [0.1, 0.15) is 0 Å². The second-order valence-corrected chi connectivity index (χ2v) is 14.4. The van der Waals surface area contributed by atoms with Crippen molar-refractivity contribution >= 4 is 22.7 Å². The topological polar surface area (TPSA) is 97.8 Å². The van der Waals surface area contributed by atoms with Gasteiger partial charge in [0.15, 0.2) is 0 Å². The molecule has 2 saturated heterocycles. The number of likely N-dealkylation sites (N-methyl/N-ethyl adjacent to an activating group) is 1. The van der Waals surface area contributed by atoms with Gasteiger partial charge in [-0.05, 0) is 124 Å². The predicted octanol–water partition coefficient (Wildman–Crippen LogP) is 4.50. The standard InChI is InChI=1S/C37H47N5O3/c1-37(13-14-37)29-9-11-33-28(20-29)19-27-18-26(8-10-32(27)39-33)36(45)40-34(12-16-42-15-4-7-31(42)23-43)24-5-3-6-25(17-24)35(44)38-30-21-41(2)22-30/h3,5-6,8,10,17-19,29-31,34,43H,4,7,9,11-16,20-23H2,1-2H3,(H,38,44)(H,40,45)/t29?,31-,34+/m0/s1. The van der Waals surface area contributed by atoms with Crippen LogP contribution in [0.25, 0.3) is 10.9 Å². The van der Waals surface area contributed by atoms with Gasteiger partial charge in [-0.25, -0.2) is 0 Å². The Kier molecular flexibility index (Phi) is 8.40. The number of hydrogen-bond acceptors (Lipinski definition) is 6. The Morgan fingerprint density at radius 2 is 1.89 bits per heavy atom. The van der Waals surface area contributed by atoms with E-state index in [0.29, 0.717) is 23.0 Å². The minimum Gasteiger partial charge on any atom is -0.395 e. The molecule has 238 valence electrons. The van der Waals surface area contributed by atoms with Crippen molar-refractivity contribution in [3.8, 4) is 0 Å². The van der Waals surface area contributed by atoms with E-state index in [2.05, 4.69) is 33.4 Å². The summed E-state index contributed by atoms with van der Waals surface area (Å²) >= 11 is 0. The number of aliphatic hydroxyl groups is 1. The van der Waals surface area contributed by atoms with Crippen molar-refractivity contribution in [3.05, 3.63) is 76.5 Å². The number of nitrogens with one attached hydrogen (secondary N) is 2. The highest BCUT2D eigenvalue weighted by atomic mass is 16.3. The molecule has 2 aromatic carbocycles. The van der Waals surface area contributed by atoms with Crippen molar-refractivity contribution in [3.63, 3.8) is 0 Å². The van der Waals surface area contributed by atoms with Gasteiger partial charge in [-0.15, -0.1) is 0 Å². The first-order chi connectivity index (χ1) is 21.8. The van der Waals surface area contributed by atoms with Crippen LogP contribution in [0.3, 0.4) is 0 Å². The maximum atomic E-state index is 13.8. The summed E-state index contributed by atoms with van der Waals surface area (Å²) < 4.78 is 0. The van der Waals surface area contributed by atoms with Gasteiger partial charge in [-0.3, -0.25) is 19.5 Å². The van der Waals surface area contributed by atoms with E-state index >= 15 is 0 Å². The molecule has 2 aliphatic carbocycles. The number of amides is 2. The SMILES string of the molecule is CN1CC(NC(=O)c2cccc([C@@H](CCN3CCC[C@H]3CO)NC(=O)c3ccc4nc5c(cc4c3)CC(C3(C)CC3)CC5)c2)C1. The Hall–Kier alpha value is -3.33. The van der Waals surface area contributed by atoms with Gasteiger partial charge < -0.3 is 20.6 Å². The van der Waals surface area contributed by atoms with Crippen LogP contribution < -0.4 is 10.6 Å². The molecule has 45 heavy (non-hydrogen) atoms. The fraction of sp³-hybridized carbons (Fsp3) is 0.541. The van der Waals surface area contributed by atoms with Gasteiger partial charge in [0.05, 0.1) is 24.2 Å². The van der Waals surface area contributed by atoms with Crippen LogP contribution in [0, 0.1) is 11.3 Å². The number of aromatic nitrogens is 1. The Bertz CT molecular complexity index is 1580. The summed E-state index contributed by atoms with van der Waals surface area (Å²) in [5, 5.41) is 17.3. The van der Waals surface area contributed by atoms with Crippen molar-refractivity contribution in [2.24, 2.45) is 11.3 Å². The van der Waals surface area contributed by atoms with Crippen LogP contribution in [0.1, 0.15) is 89.0 Å². The number of carbonyl (C=O) groups excluding carboxylic acids is 2. The third-order valence-corrected chi connectivity index (χ3v) is 11.1. The molecule has 8 heteroatoms. The molecule has 2 amide bonds. The number of likely N-dealkylation sites (tertiary alicyclic amines) is 2. The molecule has 2 aliphatic heterocycles. The molecule has 7 rings (SSSR count). The van der Waals surface area contributed by atoms with Crippen molar-refractivity contribution in [1.82, 2.24) is 25.4 Å². The number of aliphatic hydroxyl groups excluding tert-OH is 1. The molecule has 0 spiro atoms. The van der Waals surface area contributed by atoms with Crippen LogP contribution in [0.5, 0.6) is 0 Å². The molecule has 3 N–H and O–H groups in total. The second kappa shape index (κ2) is 12.5. The zero-order valence-electron chi connectivity index (χ0n) is 26.7. The van der Waals surface area contributed by atoms with Crippen LogP contribution in [-0.4, -0.2) is 83.6 Å². The molecule has 3 fully saturated rings. The molecule has 1 unspecified atom stereocenters. The maximum absolute atomic E-state index is 13.8. The Morgan fingerprint density at radius 3 is 2.67 bits per heavy atom. The summed E-state index contributed by atoms with van der Waals surface area (Å²) in [6.07, 6.45) is 8.77. The van der Waals surface area contributed by atoms with Gasteiger partial charge in [-0.2, -0.15) is 0 Å². The first kappa shape index (κ1) is 30.3. The molecule has 3 aromatic rings. The molecule has 1 aromatic heterocycles. The van der Waals surface area contributed by atoms with Crippen LogP contribution in [0.15, 0.2) is 48.5 Å². The van der Waals surface area contributed by atoms with Crippen LogP contribution >= 0.6 is 0 Å². The van der Waals surface area contributed by atoms with Gasteiger partial charge in [0, 0.05) is 47.9 Å². The number of fused-ring (bicyclic) bond motifs is 2. The second-order valence-electron chi connectivity index (χ2n) is 14.4. The summed E-state index contributed by atoms with van der Waals surface area (Å²) in [7, 11) is 2.04. The number of carbonyl (C=O) groups is 2. The summed E-state index contributed by atoms with van der Waals surface area (Å²) in [5.41, 5.74) is 6.15. The Morgan fingerprint density at radius 1 is 1.07 bits per heavy atom. The lowest BCUT2D eigenvalue weighted by atomic mass is 9.77. The third-order valence-electron chi connectivity index (χ3n) is 11.1. The van der Waals surface area contributed by atoms with E-state index in [9.17, 15) is 14.7 Å². The Balaban J connectivity index is 1.11.